The third-order valence-corrected chi connectivity index (χ3v) is 2.86. The monoisotopic (exact) mass is 294 g/mol. The van der Waals surface area contributed by atoms with E-state index in [2.05, 4.69) is 33.2 Å². The van der Waals surface area contributed by atoms with Crippen molar-refractivity contribution >= 4 is 15.9 Å². The van der Waals surface area contributed by atoms with E-state index in [9.17, 15) is 0 Å². The van der Waals surface area contributed by atoms with Crippen LogP contribution in [0.1, 0.15) is 19.2 Å². The molecule has 0 atom stereocenters. The molecule has 4 heteroatoms. The minimum absolute atomic E-state index is 0.682. The summed E-state index contributed by atoms with van der Waals surface area (Å²) in [5.41, 5.74) is 1.04. The van der Waals surface area contributed by atoms with Gasteiger partial charge in [0.2, 0.25) is 5.89 Å². The average Bonchev–Trinajstić information content (AvgIpc) is 2.78. The highest BCUT2D eigenvalue weighted by atomic mass is 79.9. The smallest absolute Gasteiger partial charge is 0.208 e. The number of benzene rings is 1. The Bertz CT molecular complexity index is 482. The first-order chi connectivity index (χ1) is 8.29. The van der Waals surface area contributed by atoms with E-state index < -0.39 is 0 Å². The van der Waals surface area contributed by atoms with Gasteiger partial charge in [-0.1, -0.05) is 35.0 Å². The van der Waals surface area contributed by atoms with Crippen LogP contribution in [0.4, 0.5) is 0 Å². The van der Waals surface area contributed by atoms with Gasteiger partial charge in [-0.2, -0.15) is 0 Å². The quantitative estimate of drug-likeness (QED) is 0.856. The highest BCUT2D eigenvalue weighted by Crippen LogP contribution is 2.23. The third kappa shape index (κ3) is 3.41. The second kappa shape index (κ2) is 5.98. The van der Waals surface area contributed by atoms with Crippen molar-refractivity contribution in [3.8, 4) is 11.3 Å². The zero-order chi connectivity index (χ0) is 12.1. The van der Waals surface area contributed by atoms with E-state index in [0.717, 1.165) is 34.7 Å². The van der Waals surface area contributed by atoms with Gasteiger partial charge in [-0.3, -0.25) is 0 Å². The first kappa shape index (κ1) is 12.3. The van der Waals surface area contributed by atoms with Gasteiger partial charge >= 0.3 is 0 Å². The average molecular weight is 295 g/mol. The summed E-state index contributed by atoms with van der Waals surface area (Å²) in [6.07, 6.45) is 2.88. The molecule has 2 aromatic rings. The standard InChI is InChI=1S/C13H15BrN2O/c1-2-6-15-9-13-16-8-12(17-13)10-4-3-5-11(14)7-10/h3-5,7-8,15H,2,6,9H2,1H3. The Hall–Kier alpha value is -1.13. The zero-order valence-corrected chi connectivity index (χ0v) is 11.3. The van der Waals surface area contributed by atoms with E-state index in [0.29, 0.717) is 6.54 Å². The second-order valence-electron chi connectivity index (χ2n) is 3.81. The van der Waals surface area contributed by atoms with Crippen molar-refractivity contribution in [3.63, 3.8) is 0 Å². The van der Waals surface area contributed by atoms with Gasteiger partial charge in [0, 0.05) is 10.0 Å². The molecule has 1 N–H and O–H groups in total. The summed E-state index contributed by atoms with van der Waals surface area (Å²) in [5.74, 6) is 1.54. The molecule has 0 saturated heterocycles. The van der Waals surface area contributed by atoms with Crippen LogP contribution in [-0.4, -0.2) is 11.5 Å². The minimum Gasteiger partial charge on any atom is -0.439 e. The molecule has 1 aromatic carbocycles. The summed E-state index contributed by atoms with van der Waals surface area (Å²) in [6, 6.07) is 8.00. The first-order valence-corrected chi connectivity index (χ1v) is 6.50. The van der Waals surface area contributed by atoms with Crippen LogP contribution in [0.15, 0.2) is 39.4 Å². The lowest BCUT2D eigenvalue weighted by molar-refractivity contribution is 0.478. The van der Waals surface area contributed by atoms with Crippen LogP contribution < -0.4 is 5.32 Å². The van der Waals surface area contributed by atoms with Gasteiger partial charge in [-0.25, -0.2) is 4.98 Å². The molecule has 1 heterocycles. The SMILES string of the molecule is CCCNCc1ncc(-c2cccc(Br)c2)o1. The number of aromatic nitrogens is 1. The number of nitrogens with zero attached hydrogens (tertiary/aromatic N) is 1. The Balaban J connectivity index is 2.07. The van der Waals surface area contributed by atoms with Gasteiger partial charge < -0.3 is 9.73 Å². The van der Waals surface area contributed by atoms with Gasteiger partial charge in [-0.15, -0.1) is 0 Å². The highest BCUT2D eigenvalue weighted by molar-refractivity contribution is 9.10. The van der Waals surface area contributed by atoms with Crippen LogP contribution >= 0.6 is 15.9 Å². The van der Waals surface area contributed by atoms with Gasteiger partial charge in [0.1, 0.15) is 0 Å². The lowest BCUT2D eigenvalue weighted by Gasteiger charge is -1.98. The van der Waals surface area contributed by atoms with Crippen LogP contribution in [0.25, 0.3) is 11.3 Å². The molecule has 0 fully saturated rings. The number of hydrogen-bond acceptors (Lipinski definition) is 3. The number of rotatable bonds is 5. The second-order valence-corrected chi connectivity index (χ2v) is 4.72. The molecular weight excluding hydrogens is 280 g/mol. The molecule has 0 bridgehead atoms. The van der Waals surface area contributed by atoms with E-state index in [1.54, 1.807) is 6.20 Å². The van der Waals surface area contributed by atoms with Gasteiger partial charge in [0.05, 0.1) is 12.7 Å². The van der Waals surface area contributed by atoms with Crippen molar-refractivity contribution in [3.05, 3.63) is 40.8 Å². The number of halogens is 1. The molecule has 0 unspecified atom stereocenters. The maximum Gasteiger partial charge on any atom is 0.208 e. The summed E-state index contributed by atoms with van der Waals surface area (Å²) >= 11 is 3.44. The summed E-state index contributed by atoms with van der Waals surface area (Å²) in [4.78, 5) is 4.25. The Morgan fingerprint density at radius 2 is 2.29 bits per heavy atom. The fraction of sp³-hybridized carbons (Fsp3) is 0.308. The van der Waals surface area contributed by atoms with Crippen LogP contribution in [0, 0.1) is 0 Å². The molecule has 0 amide bonds. The minimum atomic E-state index is 0.682. The van der Waals surface area contributed by atoms with Gasteiger partial charge in [0.15, 0.2) is 5.76 Å². The van der Waals surface area contributed by atoms with E-state index in [1.165, 1.54) is 0 Å². The van der Waals surface area contributed by atoms with Crippen LogP contribution in [0.5, 0.6) is 0 Å². The summed E-state index contributed by atoms with van der Waals surface area (Å²) in [5, 5.41) is 3.26. The molecule has 0 spiro atoms. The molecule has 1 aromatic heterocycles. The summed E-state index contributed by atoms with van der Waals surface area (Å²) in [6.45, 7) is 3.80. The Kier molecular flexibility index (Phi) is 4.34. The third-order valence-electron chi connectivity index (χ3n) is 2.37. The molecule has 2 rings (SSSR count). The van der Waals surface area contributed by atoms with Gasteiger partial charge in [0.25, 0.3) is 0 Å². The van der Waals surface area contributed by atoms with Crippen molar-refractivity contribution in [2.75, 3.05) is 6.54 Å². The van der Waals surface area contributed by atoms with E-state index >= 15 is 0 Å². The largest absolute Gasteiger partial charge is 0.439 e. The fourth-order valence-corrected chi connectivity index (χ4v) is 1.94. The van der Waals surface area contributed by atoms with E-state index in [-0.39, 0.29) is 0 Å². The lowest BCUT2D eigenvalue weighted by Crippen LogP contribution is -2.13. The first-order valence-electron chi connectivity index (χ1n) is 5.71. The molecule has 17 heavy (non-hydrogen) atoms. The summed E-state index contributed by atoms with van der Waals surface area (Å²) < 4.78 is 6.72. The van der Waals surface area contributed by atoms with Crippen molar-refractivity contribution in [1.29, 1.82) is 0 Å². The Labute approximate surface area is 109 Å². The van der Waals surface area contributed by atoms with E-state index in [1.807, 2.05) is 24.3 Å². The molecule has 90 valence electrons. The van der Waals surface area contributed by atoms with Gasteiger partial charge in [-0.05, 0) is 25.1 Å². The molecule has 3 nitrogen and oxygen atoms in total. The maximum atomic E-state index is 5.68. The predicted octanol–water partition coefficient (Wildman–Crippen LogP) is 3.60. The number of hydrogen-bond donors (Lipinski definition) is 1. The highest BCUT2D eigenvalue weighted by Gasteiger charge is 2.05. The molecule has 0 aliphatic carbocycles. The number of nitrogens with one attached hydrogen (secondary N) is 1. The molecule has 0 radical (unpaired) electrons. The fourth-order valence-electron chi connectivity index (χ4n) is 1.54. The molecule has 0 saturated carbocycles. The van der Waals surface area contributed by atoms with Crippen molar-refractivity contribution in [2.45, 2.75) is 19.9 Å². The van der Waals surface area contributed by atoms with Crippen LogP contribution in [0.3, 0.4) is 0 Å². The Morgan fingerprint density at radius 3 is 3.06 bits per heavy atom. The van der Waals surface area contributed by atoms with Crippen molar-refractivity contribution in [2.24, 2.45) is 0 Å². The van der Waals surface area contributed by atoms with Crippen LogP contribution in [0.2, 0.25) is 0 Å². The molecule has 0 aliphatic heterocycles. The lowest BCUT2D eigenvalue weighted by atomic mass is 10.2. The summed E-state index contributed by atoms with van der Waals surface area (Å²) in [7, 11) is 0. The number of oxazole rings is 1. The van der Waals surface area contributed by atoms with Crippen molar-refractivity contribution < 1.29 is 4.42 Å². The zero-order valence-electron chi connectivity index (χ0n) is 9.74. The maximum absolute atomic E-state index is 5.68. The molecule has 0 aliphatic rings. The Morgan fingerprint density at radius 1 is 1.41 bits per heavy atom. The topological polar surface area (TPSA) is 38.1 Å². The van der Waals surface area contributed by atoms with Crippen molar-refractivity contribution in [1.82, 2.24) is 10.3 Å². The predicted molar refractivity (Wildman–Crippen MR) is 71.6 cm³/mol. The normalized spacial score (nSPS) is 10.7. The van der Waals surface area contributed by atoms with E-state index in [4.69, 9.17) is 4.42 Å². The van der Waals surface area contributed by atoms with Crippen LogP contribution in [-0.2, 0) is 6.54 Å². The molecular formula is C13H15BrN2O.